The Morgan fingerprint density at radius 3 is 1.30 bits per heavy atom. The molecule has 0 amide bonds. The van der Waals surface area contributed by atoms with Gasteiger partial charge in [-0.15, -0.1) is 0 Å². The summed E-state index contributed by atoms with van der Waals surface area (Å²) in [6, 6.07) is 0. The Labute approximate surface area is 63.5 Å². The summed E-state index contributed by atoms with van der Waals surface area (Å²) in [6.45, 7) is 4.21. The zero-order valence-corrected chi connectivity index (χ0v) is 7.39. The Bertz CT molecular complexity index is 55.7. The van der Waals surface area contributed by atoms with Gasteiger partial charge in [0.1, 0.15) is 0 Å². The minimum Gasteiger partial charge on any atom is -0.379 e. The summed E-state index contributed by atoms with van der Waals surface area (Å²) in [4.78, 5) is 0. The van der Waals surface area contributed by atoms with E-state index in [1.165, 1.54) is 0 Å². The molecule has 0 aliphatic rings. The fourth-order valence-corrected chi connectivity index (χ4v) is 1.16. The summed E-state index contributed by atoms with van der Waals surface area (Å²) in [5, 5.41) is 0. The highest BCUT2D eigenvalue weighted by Gasteiger charge is 2.15. The van der Waals surface area contributed by atoms with Crippen LogP contribution in [0.3, 0.4) is 0 Å². The molecule has 0 heterocycles. The van der Waals surface area contributed by atoms with E-state index >= 15 is 0 Å². The molecule has 0 saturated heterocycles. The molecule has 0 radical (unpaired) electrons. The van der Waals surface area contributed by atoms with Crippen molar-refractivity contribution in [1.29, 1.82) is 0 Å². The molecule has 62 valence electrons. The second-order valence-corrected chi connectivity index (χ2v) is 2.36. The van der Waals surface area contributed by atoms with Crippen LogP contribution >= 0.6 is 0 Å². The summed E-state index contributed by atoms with van der Waals surface area (Å²) < 4.78 is 10.4. The summed E-state index contributed by atoms with van der Waals surface area (Å²) in [7, 11) is 3.46. The van der Waals surface area contributed by atoms with E-state index in [2.05, 4.69) is 13.8 Å². The van der Waals surface area contributed by atoms with Crippen LogP contribution in [0.2, 0.25) is 0 Å². The smallest absolute Gasteiger partial charge is 0.0830 e. The van der Waals surface area contributed by atoms with Crippen LogP contribution in [0.5, 0.6) is 0 Å². The molecule has 10 heavy (non-hydrogen) atoms. The lowest BCUT2D eigenvalue weighted by molar-refractivity contribution is -0.0385. The van der Waals surface area contributed by atoms with Crippen LogP contribution in [0.15, 0.2) is 0 Å². The monoisotopic (exact) mass is 146 g/mol. The second-order valence-electron chi connectivity index (χ2n) is 2.36. The first kappa shape index (κ1) is 9.92. The van der Waals surface area contributed by atoms with Gasteiger partial charge in [-0.05, 0) is 12.8 Å². The van der Waals surface area contributed by atoms with Crippen molar-refractivity contribution >= 4 is 0 Å². The molecule has 0 saturated carbocycles. The van der Waals surface area contributed by atoms with Gasteiger partial charge in [0, 0.05) is 14.2 Å². The Morgan fingerprint density at radius 1 is 0.900 bits per heavy atom. The third kappa shape index (κ3) is 2.67. The third-order valence-electron chi connectivity index (χ3n) is 1.82. The SMILES string of the molecule is CC[C@@H](OC)[C@@H](CC)OC. The highest BCUT2D eigenvalue weighted by atomic mass is 16.5. The van der Waals surface area contributed by atoms with Crippen molar-refractivity contribution in [3.8, 4) is 0 Å². The van der Waals surface area contributed by atoms with E-state index in [4.69, 9.17) is 9.47 Å². The Hall–Kier alpha value is -0.0800. The predicted octanol–water partition coefficient (Wildman–Crippen LogP) is 1.84. The highest BCUT2D eigenvalue weighted by molar-refractivity contribution is 4.66. The molecule has 0 fully saturated rings. The van der Waals surface area contributed by atoms with Gasteiger partial charge in [-0.3, -0.25) is 0 Å². The van der Waals surface area contributed by atoms with Gasteiger partial charge in [0.05, 0.1) is 12.2 Å². The maximum atomic E-state index is 5.22. The molecule has 0 spiro atoms. The molecular weight excluding hydrogens is 128 g/mol. The van der Waals surface area contributed by atoms with Crippen molar-refractivity contribution in [2.75, 3.05) is 14.2 Å². The minimum absolute atomic E-state index is 0.259. The van der Waals surface area contributed by atoms with Gasteiger partial charge in [-0.25, -0.2) is 0 Å². The van der Waals surface area contributed by atoms with Gasteiger partial charge in [0.25, 0.3) is 0 Å². The third-order valence-corrected chi connectivity index (χ3v) is 1.82. The van der Waals surface area contributed by atoms with Gasteiger partial charge < -0.3 is 9.47 Å². The first-order valence-corrected chi connectivity index (χ1v) is 3.85. The van der Waals surface area contributed by atoms with Crippen LogP contribution in [0.1, 0.15) is 26.7 Å². The number of methoxy groups -OCH3 is 2. The molecule has 0 aromatic carbocycles. The lowest BCUT2D eigenvalue weighted by atomic mass is 10.1. The van der Waals surface area contributed by atoms with Crippen molar-refractivity contribution in [3.63, 3.8) is 0 Å². The quantitative estimate of drug-likeness (QED) is 0.589. The van der Waals surface area contributed by atoms with Crippen molar-refractivity contribution in [3.05, 3.63) is 0 Å². The molecule has 2 nitrogen and oxygen atoms in total. The lowest BCUT2D eigenvalue weighted by Crippen LogP contribution is -2.28. The zero-order chi connectivity index (χ0) is 7.98. The number of hydrogen-bond donors (Lipinski definition) is 0. The van der Waals surface area contributed by atoms with E-state index in [0.717, 1.165) is 12.8 Å². The van der Waals surface area contributed by atoms with E-state index in [1.54, 1.807) is 14.2 Å². The van der Waals surface area contributed by atoms with Gasteiger partial charge in [-0.2, -0.15) is 0 Å². The summed E-state index contributed by atoms with van der Waals surface area (Å²) in [5.74, 6) is 0. The molecule has 2 atom stereocenters. The molecule has 0 rings (SSSR count). The van der Waals surface area contributed by atoms with Gasteiger partial charge in [0.2, 0.25) is 0 Å². The van der Waals surface area contributed by atoms with Gasteiger partial charge >= 0.3 is 0 Å². The molecule has 2 heteroatoms. The van der Waals surface area contributed by atoms with Crippen molar-refractivity contribution < 1.29 is 9.47 Å². The maximum absolute atomic E-state index is 5.22. The fourth-order valence-electron chi connectivity index (χ4n) is 1.16. The molecule has 0 bridgehead atoms. The average molecular weight is 146 g/mol. The average Bonchev–Trinajstić information content (AvgIpc) is 2.00. The molecule has 0 unspecified atom stereocenters. The minimum atomic E-state index is 0.259. The van der Waals surface area contributed by atoms with Gasteiger partial charge in [-0.1, -0.05) is 13.8 Å². The first-order chi connectivity index (χ1) is 4.79. The Kier molecular flexibility index (Phi) is 5.64. The summed E-state index contributed by atoms with van der Waals surface area (Å²) in [6.07, 6.45) is 2.55. The highest BCUT2D eigenvalue weighted by Crippen LogP contribution is 2.09. The van der Waals surface area contributed by atoms with Crippen LogP contribution in [-0.4, -0.2) is 26.4 Å². The largest absolute Gasteiger partial charge is 0.379 e. The molecule has 0 aliphatic heterocycles. The molecule has 0 aromatic rings. The van der Waals surface area contributed by atoms with Crippen LogP contribution in [0.25, 0.3) is 0 Å². The van der Waals surface area contributed by atoms with Crippen LogP contribution in [0.4, 0.5) is 0 Å². The summed E-state index contributed by atoms with van der Waals surface area (Å²) in [5.41, 5.74) is 0. The molecule has 0 N–H and O–H groups in total. The summed E-state index contributed by atoms with van der Waals surface area (Å²) >= 11 is 0. The second kappa shape index (κ2) is 5.69. The van der Waals surface area contributed by atoms with E-state index < -0.39 is 0 Å². The van der Waals surface area contributed by atoms with Crippen LogP contribution in [-0.2, 0) is 9.47 Å². The van der Waals surface area contributed by atoms with Crippen molar-refractivity contribution in [1.82, 2.24) is 0 Å². The first-order valence-electron chi connectivity index (χ1n) is 3.85. The standard InChI is InChI=1S/C8H18O2/c1-5-7(9-3)8(6-2)10-4/h7-8H,5-6H2,1-4H3/t7-,8-/m1/s1. The van der Waals surface area contributed by atoms with E-state index in [1.807, 2.05) is 0 Å². The van der Waals surface area contributed by atoms with Gasteiger partial charge in [0.15, 0.2) is 0 Å². The number of ether oxygens (including phenoxy) is 2. The van der Waals surface area contributed by atoms with Crippen LogP contribution in [0, 0.1) is 0 Å². The number of rotatable bonds is 5. The topological polar surface area (TPSA) is 18.5 Å². The molecular formula is C8H18O2. The van der Waals surface area contributed by atoms with E-state index in [0.29, 0.717) is 0 Å². The number of hydrogen-bond acceptors (Lipinski definition) is 2. The maximum Gasteiger partial charge on any atom is 0.0830 e. The van der Waals surface area contributed by atoms with E-state index in [9.17, 15) is 0 Å². The van der Waals surface area contributed by atoms with Crippen LogP contribution < -0.4 is 0 Å². The van der Waals surface area contributed by atoms with Crippen molar-refractivity contribution in [2.45, 2.75) is 38.9 Å². The Morgan fingerprint density at radius 2 is 1.20 bits per heavy atom. The fraction of sp³-hybridized carbons (Fsp3) is 1.00. The molecule has 0 aromatic heterocycles. The molecule has 0 aliphatic carbocycles. The normalized spacial score (nSPS) is 16.8. The van der Waals surface area contributed by atoms with Crippen molar-refractivity contribution in [2.24, 2.45) is 0 Å². The zero-order valence-electron chi connectivity index (χ0n) is 7.39. The predicted molar refractivity (Wildman–Crippen MR) is 42.2 cm³/mol. The Balaban J connectivity index is 3.70. The lowest BCUT2D eigenvalue weighted by Gasteiger charge is -2.21. The van der Waals surface area contributed by atoms with E-state index in [-0.39, 0.29) is 12.2 Å².